The molecule has 0 spiro atoms. The van der Waals surface area contributed by atoms with Crippen molar-refractivity contribution in [2.24, 2.45) is 4.99 Å². The van der Waals surface area contributed by atoms with Crippen LogP contribution in [0, 0.1) is 10.1 Å². The molecule has 0 aliphatic heterocycles. The van der Waals surface area contributed by atoms with Crippen LogP contribution >= 0.6 is 0 Å². The maximum absolute atomic E-state index is 12.2. The molecule has 0 heterocycles. The zero-order chi connectivity index (χ0) is 20.2. The van der Waals surface area contributed by atoms with Crippen LogP contribution in [0.1, 0.15) is 15.9 Å². The van der Waals surface area contributed by atoms with Crippen molar-refractivity contribution in [3.8, 4) is 5.75 Å². The third kappa shape index (κ3) is 5.19. The van der Waals surface area contributed by atoms with Gasteiger partial charge in [0.15, 0.2) is 5.78 Å². The molecular weight excluding hydrogens is 374 g/mol. The average Bonchev–Trinajstić information content (AvgIpc) is 2.60. The summed E-state index contributed by atoms with van der Waals surface area (Å²) in [5.74, 6) is -1.44. The van der Waals surface area contributed by atoms with Crippen molar-refractivity contribution in [2.75, 3.05) is 19.8 Å². The van der Waals surface area contributed by atoms with E-state index in [1.807, 2.05) is 0 Å². The first kappa shape index (κ1) is 20.2. The first-order valence-corrected chi connectivity index (χ1v) is 9.26. The minimum absolute atomic E-state index is 0.135. The first-order valence-electron chi connectivity index (χ1n) is 7.65. The molecule has 2 aromatic carbocycles. The van der Waals surface area contributed by atoms with Gasteiger partial charge in [0.1, 0.15) is 11.5 Å². The third-order valence-electron chi connectivity index (χ3n) is 3.61. The molecule has 0 amide bonds. The highest BCUT2D eigenvalue weighted by Gasteiger charge is 2.20. The van der Waals surface area contributed by atoms with Crippen LogP contribution in [0.5, 0.6) is 5.75 Å². The van der Waals surface area contributed by atoms with E-state index in [9.17, 15) is 28.4 Å². The molecule has 0 aliphatic carbocycles. The van der Waals surface area contributed by atoms with E-state index < -0.39 is 26.5 Å². The van der Waals surface area contributed by atoms with Gasteiger partial charge in [-0.1, -0.05) is 12.1 Å². The minimum Gasteiger partial charge on any atom is -0.507 e. The lowest BCUT2D eigenvalue weighted by Crippen LogP contribution is -2.29. The number of benzene rings is 2. The largest absolute Gasteiger partial charge is 0.507 e. The maximum Gasteiger partial charge on any atom is 0.270 e. The molecule has 0 radical (unpaired) electrons. The van der Waals surface area contributed by atoms with Gasteiger partial charge in [-0.05, 0) is 18.2 Å². The van der Waals surface area contributed by atoms with Crippen LogP contribution in [-0.2, 0) is 10.0 Å². The summed E-state index contributed by atoms with van der Waals surface area (Å²) in [7, 11) is -1.000. The lowest BCUT2D eigenvalue weighted by Gasteiger charge is -2.10. The summed E-state index contributed by atoms with van der Waals surface area (Å²) in [5, 5.41) is 20.6. The molecule has 0 fully saturated rings. The molecule has 0 aromatic heterocycles. The highest BCUT2D eigenvalue weighted by molar-refractivity contribution is 7.89. The number of hydrogen-bond donors (Lipinski definition) is 1. The highest BCUT2D eigenvalue weighted by Crippen LogP contribution is 2.23. The van der Waals surface area contributed by atoms with Crippen molar-refractivity contribution in [3.63, 3.8) is 0 Å². The van der Waals surface area contributed by atoms with Gasteiger partial charge in [0.05, 0.1) is 10.6 Å². The van der Waals surface area contributed by atoms with Gasteiger partial charge >= 0.3 is 0 Å². The van der Waals surface area contributed by atoms with Crippen LogP contribution in [0.2, 0.25) is 0 Å². The molecule has 2 rings (SSSR count). The van der Waals surface area contributed by atoms with Crippen LogP contribution in [0.25, 0.3) is 0 Å². The van der Waals surface area contributed by atoms with Gasteiger partial charge in [-0.15, -0.1) is 0 Å². The van der Waals surface area contributed by atoms with E-state index in [2.05, 4.69) is 4.99 Å². The topological polar surface area (TPSA) is 130 Å². The number of rotatable bonds is 7. The number of carbonyl (C=O) groups excluding carboxylic acids is 1. The zero-order valence-electron chi connectivity index (χ0n) is 14.6. The third-order valence-corrected chi connectivity index (χ3v) is 5.35. The summed E-state index contributed by atoms with van der Waals surface area (Å²) >= 11 is 0. The number of sulfonamides is 1. The second-order valence-electron chi connectivity index (χ2n) is 5.77. The van der Waals surface area contributed by atoms with Gasteiger partial charge < -0.3 is 5.11 Å². The van der Waals surface area contributed by atoms with Crippen molar-refractivity contribution in [1.82, 2.24) is 4.31 Å². The SMILES string of the molecule is CN(C)S(=O)(=O)CC(=O)c1cccc(N=Cc2cc([N+](=O)[O-])ccc2O)c1. The summed E-state index contributed by atoms with van der Waals surface area (Å²) in [6.45, 7) is 0. The molecule has 0 unspecified atom stereocenters. The van der Waals surface area contributed by atoms with E-state index in [1.165, 1.54) is 44.6 Å². The predicted molar refractivity (Wildman–Crippen MR) is 100 cm³/mol. The molecular formula is C17H17N3O6S. The number of non-ortho nitro benzene ring substituents is 1. The van der Waals surface area contributed by atoms with Gasteiger partial charge in [0.2, 0.25) is 10.0 Å². The van der Waals surface area contributed by atoms with Gasteiger partial charge in [-0.25, -0.2) is 12.7 Å². The second kappa shape index (κ2) is 8.06. The molecule has 27 heavy (non-hydrogen) atoms. The second-order valence-corrected chi connectivity index (χ2v) is 7.95. The lowest BCUT2D eigenvalue weighted by atomic mass is 10.1. The van der Waals surface area contributed by atoms with Crippen molar-refractivity contribution < 1.29 is 23.2 Å². The Morgan fingerprint density at radius 3 is 2.59 bits per heavy atom. The number of ketones is 1. The number of carbonyl (C=O) groups is 1. The summed E-state index contributed by atoms with van der Waals surface area (Å²) in [6.07, 6.45) is 1.22. The number of aromatic hydroxyl groups is 1. The molecule has 9 nitrogen and oxygen atoms in total. The van der Waals surface area contributed by atoms with Crippen molar-refractivity contribution >= 4 is 33.4 Å². The van der Waals surface area contributed by atoms with E-state index >= 15 is 0 Å². The summed E-state index contributed by atoms with van der Waals surface area (Å²) in [5.41, 5.74) is 0.426. The number of Topliss-reactive ketones (excluding diaryl/α,β-unsaturated/α-hetero) is 1. The van der Waals surface area contributed by atoms with Gasteiger partial charge in [-0.2, -0.15) is 0 Å². The molecule has 0 aliphatic rings. The Balaban J connectivity index is 2.26. The minimum atomic E-state index is -3.68. The normalized spacial score (nSPS) is 11.8. The number of nitro benzene ring substituents is 1. The number of nitrogens with zero attached hydrogens (tertiary/aromatic N) is 3. The number of aliphatic imine (C=N–C) groups is 1. The van der Waals surface area contributed by atoms with E-state index in [4.69, 9.17) is 0 Å². The lowest BCUT2D eigenvalue weighted by molar-refractivity contribution is -0.384. The number of phenols is 1. The smallest absolute Gasteiger partial charge is 0.270 e. The molecule has 142 valence electrons. The summed E-state index contributed by atoms with van der Waals surface area (Å²) < 4.78 is 24.6. The quantitative estimate of drug-likeness (QED) is 0.333. The summed E-state index contributed by atoms with van der Waals surface area (Å²) in [4.78, 5) is 26.5. The highest BCUT2D eigenvalue weighted by atomic mass is 32.2. The predicted octanol–water partition coefficient (Wildman–Crippen LogP) is 2.13. The van der Waals surface area contributed by atoms with Crippen LogP contribution in [0.15, 0.2) is 47.5 Å². The molecule has 1 N–H and O–H groups in total. The molecule has 10 heteroatoms. The average molecular weight is 391 g/mol. The van der Waals surface area contributed by atoms with Crippen LogP contribution in [0.4, 0.5) is 11.4 Å². The van der Waals surface area contributed by atoms with Gasteiger partial charge in [-0.3, -0.25) is 19.9 Å². The van der Waals surface area contributed by atoms with Crippen molar-refractivity contribution in [1.29, 1.82) is 0 Å². The molecule has 0 atom stereocenters. The fraction of sp³-hybridized carbons (Fsp3) is 0.176. The molecule has 0 saturated heterocycles. The fourth-order valence-corrected chi connectivity index (χ4v) is 2.80. The number of nitro groups is 1. The Kier molecular flexibility index (Phi) is 6.03. The van der Waals surface area contributed by atoms with Crippen LogP contribution in [-0.4, -0.2) is 54.6 Å². The Morgan fingerprint density at radius 2 is 1.96 bits per heavy atom. The standard InChI is InChI=1S/C17H17N3O6S/c1-19(2)27(25,26)11-17(22)12-4-3-5-14(8-12)18-10-13-9-15(20(23)24)6-7-16(13)21/h3-10,21H,11H2,1-2H3. The Bertz CT molecular complexity index is 1020. The van der Waals surface area contributed by atoms with E-state index in [1.54, 1.807) is 6.07 Å². The van der Waals surface area contributed by atoms with Crippen LogP contribution in [0.3, 0.4) is 0 Å². The van der Waals surface area contributed by atoms with E-state index in [0.29, 0.717) is 5.69 Å². The van der Waals surface area contributed by atoms with Gasteiger partial charge in [0.25, 0.3) is 5.69 Å². The summed E-state index contributed by atoms with van der Waals surface area (Å²) in [6, 6.07) is 9.49. The fourth-order valence-electron chi connectivity index (χ4n) is 2.04. The Hall–Kier alpha value is -3.11. The van der Waals surface area contributed by atoms with E-state index in [0.717, 1.165) is 16.4 Å². The number of phenolic OH excluding ortho intramolecular Hbond substituents is 1. The Labute approximate surface area is 155 Å². The number of hydrogen-bond acceptors (Lipinski definition) is 7. The maximum atomic E-state index is 12.2. The zero-order valence-corrected chi connectivity index (χ0v) is 15.4. The molecule has 0 saturated carbocycles. The Morgan fingerprint density at radius 1 is 1.26 bits per heavy atom. The molecule has 0 bridgehead atoms. The van der Waals surface area contributed by atoms with E-state index in [-0.39, 0.29) is 22.6 Å². The van der Waals surface area contributed by atoms with Crippen LogP contribution < -0.4 is 0 Å². The van der Waals surface area contributed by atoms with Crippen molar-refractivity contribution in [2.45, 2.75) is 0 Å². The van der Waals surface area contributed by atoms with Gasteiger partial charge in [0, 0.05) is 43.6 Å². The molecule has 2 aromatic rings. The monoisotopic (exact) mass is 391 g/mol. The van der Waals surface area contributed by atoms with Crippen molar-refractivity contribution in [3.05, 3.63) is 63.7 Å². The first-order chi connectivity index (χ1) is 12.6.